The van der Waals surface area contributed by atoms with Gasteiger partial charge in [-0.1, -0.05) is 18.2 Å². The Hall–Kier alpha value is -2.26. The number of nitrogens with two attached hydrogens (primary N) is 1. The zero-order valence-electron chi connectivity index (χ0n) is 9.88. The lowest BCUT2D eigenvalue weighted by Gasteiger charge is -2.07. The molecule has 0 aliphatic carbocycles. The van der Waals surface area contributed by atoms with Crippen molar-refractivity contribution in [2.45, 2.75) is 6.54 Å². The van der Waals surface area contributed by atoms with Crippen molar-refractivity contribution in [2.75, 3.05) is 0 Å². The molecular weight excluding hydrogens is 222 g/mol. The number of aromatic nitrogens is 2. The molecule has 1 aromatic carbocycles. The van der Waals surface area contributed by atoms with Crippen LogP contribution in [-0.4, -0.2) is 9.97 Å². The smallest absolute Gasteiger partial charge is 0.0702 e. The topological polar surface area (TPSA) is 51.8 Å². The molecule has 3 rings (SSSR count). The van der Waals surface area contributed by atoms with Crippen LogP contribution >= 0.6 is 0 Å². The van der Waals surface area contributed by atoms with Crippen molar-refractivity contribution in [2.24, 2.45) is 5.73 Å². The zero-order valence-corrected chi connectivity index (χ0v) is 9.88. The van der Waals surface area contributed by atoms with Gasteiger partial charge in [-0.3, -0.25) is 9.97 Å². The minimum Gasteiger partial charge on any atom is -0.325 e. The van der Waals surface area contributed by atoms with Crippen LogP contribution < -0.4 is 5.73 Å². The Morgan fingerprint density at radius 3 is 2.67 bits per heavy atom. The molecule has 0 saturated heterocycles. The summed E-state index contributed by atoms with van der Waals surface area (Å²) in [5, 5.41) is 1.13. The maximum atomic E-state index is 5.73. The second kappa shape index (κ2) is 4.55. The van der Waals surface area contributed by atoms with E-state index in [4.69, 9.17) is 5.73 Å². The van der Waals surface area contributed by atoms with Gasteiger partial charge in [0.05, 0.1) is 11.2 Å². The number of benzene rings is 1. The minimum atomic E-state index is 0.446. The Morgan fingerprint density at radius 2 is 1.78 bits per heavy atom. The molecule has 3 heteroatoms. The van der Waals surface area contributed by atoms with Crippen LogP contribution in [0, 0.1) is 0 Å². The van der Waals surface area contributed by atoms with Crippen LogP contribution in [-0.2, 0) is 6.54 Å². The summed E-state index contributed by atoms with van der Waals surface area (Å²) in [6.07, 6.45) is 3.58. The molecule has 0 saturated carbocycles. The maximum Gasteiger partial charge on any atom is 0.0702 e. The molecule has 0 unspecified atom stereocenters. The van der Waals surface area contributed by atoms with Gasteiger partial charge < -0.3 is 5.73 Å². The maximum absolute atomic E-state index is 5.73. The standard InChI is InChI=1S/C15H13N3/c16-10-15-13(4-2-8-18-15)11-5-6-14-12(9-11)3-1-7-17-14/h1-9H,10,16H2. The first-order valence-corrected chi connectivity index (χ1v) is 5.87. The highest BCUT2D eigenvalue weighted by Crippen LogP contribution is 2.25. The van der Waals surface area contributed by atoms with Gasteiger partial charge in [-0.2, -0.15) is 0 Å². The molecule has 0 aliphatic rings. The van der Waals surface area contributed by atoms with Crippen LogP contribution in [0.5, 0.6) is 0 Å². The third kappa shape index (κ3) is 1.85. The van der Waals surface area contributed by atoms with Gasteiger partial charge >= 0.3 is 0 Å². The molecule has 0 atom stereocenters. The van der Waals surface area contributed by atoms with E-state index in [1.54, 1.807) is 12.4 Å². The summed E-state index contributed by atoms with van der Waals surface area (Å²) in [6.45, 7) is 0.446. The molecule has 3 aromatic rings. The fourth-order valence-corrected chi connectivity index (χ4v) is 2.11. The second-order valence-corrected chi connectivity index (χ2v) is 4.11. The summed E-state index contributed by atoms with van der Waals surface area (Å²) in [5.74, 6) is 0. The van der Waals surface area contributed by atoms with Crippen molar-refractivity contribution in [1.82, 2.24) is 9.97 Å². The fraction of sp³-hybridized carbons (Fsp3) is 0.0667. The number of hydrogen-bond donors (Lipinski definition) is 1. The Kier molecular flexibility index (Phi) is 2.74. The van der Waals surface area contributed by atoms with Gasteiger partial charge in [0.2, 0.25) is 0 Å². The third-order valence-corrected chi connectivity index (χ3v) is 3.00. The van der Waals surface area contributed by atoms with Gasteiger partial charge in [0.25, 0.3) is 0 Å². The van der Waals surface area contributed by atoms with Gasteiger partial charge in [-0.15, -0.1) is 0 Å². The molecule has 0 fully saturated rings. The van der Waals surface area contributed by atoms with Gasteiger partial charge in [0, 0.05) is 29.9 Å². The normalized spacial score (nSPS) is 10.7. The summed E-state index contributed by atoms with van der Waals surface area (Å²) >= 11 is 0. The second-order valence-electron chi connectivity index (χ2n) is 4.11. The van der Waals surface area contributed by atoms with Crippen molar-refractivity contribution in [3.05, 3.63) is 60.6 Å². The molecule has 0 aliphatic heterocycles. The molecule has 0 radical (unpaired) electrons. The monoisotopic (exact) mass is 235 g/mol. The van der Waals surface area contributed by atoms with Crippen LogP contribution in [0.1, 0.15) is 5.69 Å². The first-order valence-electron chi connectivity index (χ1n) is 5.87. The quantitative estimate of drug-likeness (QED) is 0.743. The molecule has 0 spiro atoms. The van der Waals surface area contributed by atoms with Crippen LogP contribution in [0.4, 0.5) is 0 Å². The Balaban J connectivity index is 2.19. The molecule has 2 N–H and O–H groups in total. The van der Waals surface area contributed by atoms with E-state index in [1.807, 2.05) is 24.3 Å². The molecule has 2 heterocycles. The summed E-state index contributed by atoms with van der Waals surface area (Å²) < 4.78 is 0. The van der Waals surface area contributed by atoms with E-state index in [0.29, 0.717) is 6.54 Å². The predicted molar refractivity (Wildman–Crippen MR) is 72.9 cm³/mol. The molecule has 18 heavy (non-hydrogen) atoms. The molecule has 0 bridgehead atoms. The van der Waals surface area contributed by atoms with E-state index in [1.165, 1.54) is 0 Å². The Morgan fingerprint density at radius 1 is 0.944 bits per heavy atom. The van der Waals surface area contributed by atoms with Crippen LogP contribution in [0.3, 0.4) is 0 Å². The zero-order chi connectivity index (χ0) is 12.4. The fourth-order valence-electron chi connectivity index (χ4n) is 2.11. The minimum absolute atomic E-state index is 0.446. The van der Waals surface area contributed by atoms with Crippen molar-refractivity contribution in [1.29, 1.82) is 0 Å². The van der Waals surface area contributed by atoms with Gasteiger partial charge in [-0.25, -0.2) is 0 Å². The number of fused-ring (bicyclic) bond motifs is 1. The van der Waals surface area contributed by atoms with Crippen molar-refractivity contribution < 1.29 is 0 Å². The number of rotatable bonds is 2. The predicted octanol–water partition coefficient (Wildman–Crippen LogP) is 2.76. The molecule has 2 aromatic heterocycles. The molecular formula is C15H13N3. The van der Waals surface area contributed by atoms with Crippen molar-refractivity contribution >= 4 is 10.9 Å². The van der Waals surface area contributed by atoms with Crippen LogP contribution in [0.25, 0.3) is 22.0 Å². The first-order chi connectivity index (χ1) is 8.88. The van der Waals surface area contributed by atoms with E-state index in [2.05, 4.69) is 28.2 Å². The summed E-state index contributed by atoms with van der Waals surface area (Å²) in [5.41, 5.74) is 9.86. The molecule has 0 amide bonds. The van der Waals surface area contributed by atoms with E-state index >= 15 is 0 Å². The van der Waals surface area contributed by atoms with Crippen molar-refractivity contribution in [3.8, 4) is 11.1 Å². The molecule has 3 nitrogen and oxygen atoms in total. The highest BCUT2D eigenvalue weighted by Gasteiger charge is 2.05. The van der Waals surface area contributed by atoms with E-state index in [9.17, 15) is 0 Å². The number of pyridine rings is 2. The Bertz CT molecular complexity index is 692. The van der Waals surface area contributed by atoms with Crippen molar-refractivity contribution in [3.63, 3.8) is 0 Å². The van der Waals surface area contributed by atoms with Gasteiger partial charge in [0.15, 0.2) is 0 Å². The summed E-state index contributed by atoms with van der Waals surface area (Å²) in [4.78, 5) is 8.63. The summed E-state index contributed by atoms with van der Waals surface area (Å²) in [7, 11) is 0. The molecule has 88 valence electrons. The summed E-state index contributed by atoms with van der Waals surface area (Å²) in [6, 6.07) is 14.2. The van der Waals surface area contributed by atoms with Gasteiger partial charge in [0.1, 0.15) is 0 Å². The number of hydrogen-bond acceptors (Lipinski definition) is 3. The van der Waals surface area contributed by atoms with Crippen LogP contribution in [0.15, 0.2) is 54.9 Å². The highest BCUT2D eigenvalue weighted by atomic mass is 14.7. The van der Waals surface area contributed by atoms with E-state index in [0.717, 1.165) is 27.7 Å². The first kappa shape index (κ1) is 10.9. The largest absolute Gasteiger partial charge is 0.325 e. The lowest BCUT2D eigenvalue weighted by molar-refractivity contribution is 0.994. The van der Waals surface area contributed by atoms with E-state index < -0.39 is 0 Å². The highest BCUT2D eigenvalue weighted by molar-refractivity contribution is 5.84. The van der Waals surface area contributed by atoms with Crippen LogP contribution in [0.2, 0.25) is 0 Å². The average molecular weight is 235 g/mol. The lowest BCUT2D eigenvalue weighted by atomic mass is 10.0. The van der Waals surface area contributed by atoms with E-state index in [-0.39, 0.29) is 0 Å². The Labute approximate surface area is 105 Å². The third-order valence-electron chi connectivity index (χ3n) is 3.00. The lowest BCUT2D eigenvalue weighted by Crippen LogP contribution is -2.01. The number of nitrogens with zero attached hydrogens (tertiary/aromatic N) is 2. The SMILES string of the molecule is NCc1ncccc1-c1ccc2ncccc2c1. The van der Waals surface area contributed by atoms with Gasteiger partial charge in [-0.05, 0) is 29.8 Å². The average Bonchev–Trinajstić information content (AvgIpc) is 2.46.